The maximum absolute atomic E-state index is 12.2. The third-order valence-corrected chi connectivity index (χ3v) is 3.79. The molecule has 112 valence electrons. The number of hydrogen-bond donors (Lipinski definition) is 1. The average molecular weight is 279 g/mol. The summed E-state index contributed by atoms with van der Waals surface area (Å²) in [6, 6.07) is 3.49. The van der Waals surface area contributed by atoms with E-state index in [4.69, 9.17) is 10.2 Å². The number of nitrogens with zero attached hydrogens (tertiary/aromatic N) is 2. The van der Waals surface area contributed by atoms with Crippen LogP contribution in [0.3, 0.4) is 0 Å². The zero-order valence-corrected chi connectivity index (χ0v) is 12.1. The lowest BCUT2D eigenvalue weighted by molar-refractivity contribution is 0.0729. The number of amides is 1. The number of unbranched alkanes of at least 4 members (excludes halogenated alkanes) is 2. The molecule has 0 atom stereocenters. The Kier molecular flexibility index (Phi) is 6.08. The van der Waals surface area contributed by atoms with Gasteiger partial charge in [0.1, 0.15) is 0 Å². The summed E-state index contributed by atoms with van der Waals surface area (Å²) in [5.41, 5.74) is 5.50. The number of furan rings is 1. The molecule has 1 aromatic heterocycles. The van der Waals surface area contributed by atoms with Gasteiger partial charge in [-0.3, -0.25) is 4.79 Å². The summed E-state index contributed by atoms with van der Waals surface area (Å²) in [4.78, 5) is 16.6. The van der Waals surface area contributed by atoms with Crippen molar-refractivity contribution < 1.29 is 9.21 Å². The van der Waals surface area contributed by atoms with Crippen LogP contribution in [0, 0.1) is 0 Å². The maximum atomic E-state index is 12.2. The molecule has 5 nitrogen and oxygen atoms in total. The Bertz CT molecular complexity index is 392. The van der Waals surface area contributed by atoms with E-state index in [1.807, 2.05) is 4.90 Å². The van der Waals surface area contributed by atoms with Crippen LogP contribution in [0.25, 0.3) is 0 Å². The fraction of sp³-hybridized carbons (Fsp3) is 0.667. The molecule has 0 aromatic carbocycles. The Morgan fingerprint density at radius 1 is 1.20 bits per heavy atom. The van der Waals surface area contributed by atoms with Crippen LogP contribution >= 0.6 is 0 Å². The molecule has 1 aromatic rings. The fourth-order valence-electron chi connectivity index (χ4n) is 2.61. The number of carbonyl (C=O) groups is 1. The maximum Gasteiger partial charge on any atom is 0.289 e. The van der Waals surface area contributed by atoms with Crippen molar-refractivity contribution in [1.29, 1.82) is 0 Å². The van der Waals surface area contributed by atoms with Crippen molar-refractivity contribution in [3.63, 3.8) is 0 Å². The van der Waals surface area contributed by atoms with Crippen molar-refractivity contribution >= 4 is 5.91 Å². The van der Waals surface area contributed by atoms with E-state index in [2.05, 4.69) is 4.90 Å². The highest BCUT2D eigenvalue weighted by molar-refractivity contribution is 5.91. The van der Waals surface area contributed by atoms with Crippen LogP contribution in [0.2, 0.25) is 0 Å². The molecule has 0 bridgehead atoms. The van der Waals surface area contributed by atoms with Gasteiger partial charge in [-0.1, -0.05) is 6.42 Å². The lowest BCUT2D eigenvalue weighted by Crippen LogP contribution is -2.35. The van der Waals surface area contributed by atoms with Gasteiger partial charge in [-0.25, -0.2) is 0 Å². The largest absolute Gasteiger partial charge is 0.459 e. The van der Waals surface area contributed by atoms with Crippen LogP contribution in [-0.2, 0) is 0 Å². The third-order valence-electron chi connectivity index (χ3n) is 3.79. The van der Waals surface area contributed by atoms with Crippen LogP contribution in [-0.4, -0.2) is 55.0 Å². The molecule has 1 fully saturated rings. The summed E-state index contributed by atoms with van der Waals surface area (Å²) in [6.45, 7) is 5.53. The third kappa shape index (κ3) is 4.35. The second-order valence-corrected chi connectivity index (χ2v) is 5.31. The van der Waals surface area contributed by atoms with Crippen LogP contribution in [0.1, 0.15) is 36.2 Å². The first-order chi connectivity index (χ1) is 9.81. The molecule has 1 saturated heterocycles. The van der Waals surface area contributed by atoms with Gasteiger partial charge in [-0.15, -0.1) is 0 Å². The predicted molar refractivity (Wildman–Crippen MR) is 78.6 cm³/mol. The van der Waals surface area contributed by atoms with E-state index in [1.165, 1.54) is 12.8 Å². The predicted octanol–water partition coefficient (Wildman–Crippen LogP) is 1.56. The molecule has 1 aliphatic heterocycles. The van der Waals surface area contributed by atoms with E-state index in [-0.39, 0.29) is 5.91 Å². The van der Waals surface area contributed by atoms with Crippen LogP contribution < -0.4 is 5.73 Å². The quantitative estimate of drug-likeness (QED) is 0.803. The van der Waals surface area contributed by atoms with E-state index in [1.54, 1.807) is 18.4 Å². The van der Waals surface area contributed by atoms with Gasteiger partial charge < -0.3 is 20.0 Å². The number of carbonyl (C=O) groups excluding carboxylic acids is 1. The SMILES string of the molecule is NCCCCCN1CCCN(C(=O)c2ccco2)CC1. The van der Waals surface area contributed by atoms with Gasteiger partial charge >= 0.3 is 0 Å². The van der Waals surface area contributed by atoms with Crippen LogP contribution in [0.4, 0.5) is 0 Å². The Labute approximate surface area is 120 Å². The van der Waals surface area contributed by atoms with Gasteiger partial charge in [-0.05, 0) is 51.0 Å². The Hall–Kier alpha value is -1.33. The van der Waals surface area contributed by atoms with E-state index in [9.17, 15) is 4.79 Å². The minimum atomic E-state index is 0.0139. The minimum Gasteiger partial charge on any atom is -0.459 e. The van der Waals surface area contributed by atoms with E-state index in [0.29, 0.717) is 5.76 Å². The van der Waals surface area contributed by atoms with Gasteiger partial charge in [0.2, 0.25) is 0 Å². The lowest BCUT2D eigenvalue weighted by atomic mass is 10.2. The van der Waals surface area contributed by atoms with Gasteiger partial charge in [0, 0.05) is 19.6 Å². The molecule has 0 radical (unpaired) electrons. The van der Waals surface area contributed by atoms with Crippen LogP contribution in [0.5, 0.6) is 0 Å². The molecule has 20 heavy (non-hydrogen) atoms. The molecular weight excluding hydrogens is 254 g/mol. The van der Waals surface area contributed by atoms with E-state index >= 15 is 0 Å². The zero-order chi connectivity index (χ0) is 14.2. The fourth-order valence-corrected chi connectivity index (χ4v) is 2.61. The van der Waals surface area contributed by atoms with E-state index in [0.717, 1.165) is 52.1 Å². The van der Waals surface area contributed by atoms with Crippen molar-refractivity contribution in [3.8, 4) is 0 Å². The second kappa shape index (κ2) is 8.07. The van der Waals surface area contributed by atoms with Gasteiger partial charge in [0.25, 0.3) is 5.91 Å². The average Bonchev–Trinajstić information content (AvgIpc) is 2.89. The number of hydrogen-bond acceptors (Lipinski definition) is 4. The molecule has 5 heteroatoms. The van der Waals surface area contributed by atoms with Crippen LogP contribution in [0.15, 0.2) is 22.8 Å². The lowest BCUT2D eigenvalue weighted by Gasteiger charge is -2.21. The highest BCUT2D eigenvalue weighted by atomic mass is 16.3. The molecule has 0 spiro atoms. The van der Waals surface area contributed by atoms with Gasteiger partial charge in [-0.2, -0.15) is 0 Å². The Balaban J connectivity index is 1.76. The summed E-state index contributed by atoms with van der Waals surface area (Å²) in [6.07, 6.45) is 6.08. The summed E-state index contributed by atoms with van der Waals surface area (Å²) in [5, 5.41) is 0. The summed E-state index contributed by atoms with van der Waals surface area (Å²) in [7, 11) is 0. The molecule has 1 aliphatic rings. The number of nitrogens with two attached hydrogens (primary N) is 1. The van der Waals surface area contributed by atoms with Gasteiger partial charge in [0.05, 0.1) is 6.26 Å². The molecular formula is C15H25N3O2. The highest BCUT2D eigenvalue weighted by Crippen LogP contribution is 2.10. The first-order valence-corrected chi connectivity index (χ1v) is 7.56. The second-order valence-electron chi connectivity index (χ2n) is 5.31. The van der Waals surface area contributed by atoms with Crippen molar-refractivity contribution in [1.82, 2.24) is 9.80 Å². The Morgan fingerprint density at radius 2 is 2.10 bits per heavy atom. The summed E-state index contributed by atoms with van der Waals surface area (Å²) in [5.74, 6) is 0.460. The molecule has 1 amide bonds. The highest BCUT2D eigenvalue weighted by Gasteiger charge is 2.21. The van der Waals surface area contributed by atoms with Crippen molar-refractivity contribution in [2.24, 2.45) is 5.73 Å². The molecule has 0 saturated carbocycles. The van der Waals surface area contributed by atoms with Crippen molar-refractivity contribution in [2.75, 3.05) is 39.3 Å². The first kappa shape index (κ1) is 15.1. The molecule has 2 rings (SSSR count). The van der Waals surface area contributed by atoms with Gasteiger partial charge in [0.15, 0.2) is 5.76 Å². The molecule has 2 N–H and O–H groups in total. The van der Waals surface area contributed by atoms with E-state index < -0.39 is 0 Å². The molecule has 0 unspecified atom stereocenters. The smallest absolute Gasteiger partial charge is 0.289 e. The monoisotopic (exact) mass is 279 g/mol. The van der Waals surface area contributed by atoms with Crippen molar-refractivity contribution in [2.45, 2.75) is 25.7 Å². The Morgan fingerprint density at radius 3 is 2.85 bits per heavy atom. The summed E-state index contributed by atoms with van der Waals surface area (Å²) >= 11 is 0. The first-order valence-electron chi connectivity index (χ1n) is 7.56. The summed E-state index contributed by atoms with van der Waals surface area (Å²) < 4.78 is 5.19. The zero-order valence-electron chi connectivity index (χ0n) is 12.1. The topological polar surface area (TPSA) is 62.7 Å². The molecule has 0 aliphatic carbocycles. The van der Waals surface area contributed by atoms with Crippen molar-refractivity contribution in [3.05, 3.63) is 24.2 Å². The molecule has 2 heterocycles. The normalized spacial score (nSPS) is 17.1. The minimum absolute atomic E-state index is 0.0139. The standard InChI is InChI=1S/C15H25N3O2/c16-7-2-1-3-8-17-9-5-10-18(12-11-17)15(19)14-6-4-13-20-14/h4,6,13H,1-3,5,7-12,16H2. The number of rotatable bonds is 6.